The average Bonchev–Trinajstić information content (AvgIpc) is 2.81. The fourth-order valence-corrected chi connectivity index (χ4v) is 3.80. The van der Waals surface area contributed by atoms with Crippen LogP contribution in [0.3, 0.4) is 0 Å². The molecule has 3 N–H and O–H groups in total. The summed E-state index contributed by atoms with van der Waals surface area (Å²) in [6.07, 6.45) is 5.72. The van der Waals surface area contributed by atoms with Gasteiger partial charge in [0.05, 0.1) is 4.88 Å². The SMILES string of the molecule is CC(C)CC(CN)NC(=O)c1cc2c(s1)CCCC2. The van der Waals surface area contributed by atoms with Crippen LogP contribution in [0.4, 0.5) is 0 Å². The summed E-state index contributed by atoms with van der Waals surface area (Å²) in [5.41, 5.74) is 7.12. The molecule has 106 valence electrons. The van der Waals surface area contributed by atoms with E-state index in [4.69, 9.17) is 5.73 Å². The van der Waals surface area contributed by atoms with Gasteiger partial charge in [0, 0.05) is 17.5 Å². The van der Waals surface area contributed by atoms with Gasteiger partial charge in [-0.3, -0.25) is 4.79 Å². The number of hydrogen-bond acceptors (Lipinski definition) is 3. The summed E-state index contributed by atoms with van der Waals surface area (Å²) >= 11 is 1.66. The molecule has 1 aromatic rings. The van der Waals surface area contributed by atoms with Crippen molar-refractivity contribution in [2.45, 2.75) is 52.0 Å². The van der Waals surface area contributed by atoms with Gasteiger partial charge in [-0.2, -0.15) is 0 Å². The molecular formula is C15H24N2OS. The zero-order valence-electron chi connectivity index (χ0n) is 11.9. The maximum Gasteiger partial charge on any atom is 0.261 e. The van der Waals surface area contributed by atoms with Gasteiger partial charge in [-0.15, -0.1) is 11.3 Å². The first-order valence-electron chi connectivity index (χ1n) is 7.22. The molecule has 0 fully saturated rings. The standard InChI is InChI=1S/C15H24N2OS/c1-10(2)7-12(9-16)17-15(18)14-8-11-5-3-4-6-13(11)19-14/h8,10,12H,3-7,9,16H2,1-2H3,(H,17,18). The second-order valence-corrected chi connectivity index (χ2v) is 6.94. The number of rotatable bonds is 5. The monoisotopic (exact) mass is 280 g/mol. The Balaban J connectivity index is 2.00. The van der Waals surface area contributed by atoms with Crippen LogP contribution in [-0.2, 0) is 12.8 Å². The topological polar surface area (TPSA) is 55.1 Å². The van der Waals surface area contributed by atoms with Crippen LogP contribution in [0.2, 0.25) is 0 Å². The third-order valence-electron chi connectivity index (χ3n) is 3.60. The van der Waals surface area contributed by atoms with Gasteiger partial charge in [-0.1, -0.05) is 13.8 Å². The van der Waals surface area contributed by atoms with Crippen LogP contribution in [-0.4, -0.2) is 18.5 Å². The summed E-state index contributed by atoms with van der Waals surface area (Å²) in [7, 11) is 0. The highest BCUT2D eigenvalue weighted by Crippen LogP contribution is 2.29. The lowest BCUT2D eigenvalue weighted by molar-refractivity contribution is 0.0938. The van der Waals surface area contributed by atoms with Crippen LogP contribution < -0.4 is 11.1 Å². The minimum atomic E-state index is 0.0514. The first-order valence-corrected chi connectivity index (χ1v) is 8.04. The second-order valence-electron chi connectivity index (χ2n) is 5.80. The Kier molecular flexibility index (Phi) is 4.99. The van der Waals surface area contributed by atoms with E-state index in [0.717, 1.165) is 24.1 Å². The average molecular weight is 280 g/mol. The van der Waals surface area contributed by atoms with Crippen LogP contribution in [0.1, 0.15) is 53.2 Å². The highest BCUT2D eigenvalue weighted by molar-refractivity contribution is 7.14. The van der Waals surface area contributed by atoms with E-state index >= 15 is 0 Å². The van der Waals surface area contributed by atoms with Gasteiger partial charge >= 0.3 is 0 Å². The van der Waals surface area contributed by atoms with Crippen molar-refractivity contribution in [3.63, 3.8) is 0 Å². The van der Waals surface area contributed by atoms with Gasteiger partial charge in [-0.05, 0) is 49.7 Å². The van der Waals surface area contributed by atoms with Gasteiger partial charge < -0.3 is 11.1 Å². The van der Waals surface area contributed by atoms with Crippen molar-refractivity contribution in [2.75, 3.05) is 6.54 Å². The molecule has 1 aliphatic rings. The van der Waals surface area contributed by atoms with Crippen molar-refractivity contribution >= 4 is 17.2 Å². The third kappa shape index (κ3) is 3.80. The molecule has 0 bridgehead atoms. The normalized spacial score (nSPS) is 16.2. The number of nitrogens with one attached hydrogen (secondary N) is 1. The summed E-state index contributed by atoms with van der Waals surface area (Å²) in [6, 6.07) is 2.17. The number of carbonyl (C=O) groups is 1. The Morgan fingerprint density at radius 2 is 2.16 bits per heavy atom. The quantitative estimate of drug-likeness (QED) is 0.871. The molecule has 0 spiro atoms. The molecule has 1 aliphatic carbocycles. The van der Waals surface area contributed by atoms with Gasteiger partial charge in [0.15, 0.2) is 0 Å². The van der Waals surface area contributed by atoms with E-state index in [2.05, 4.69) is 25.2 Å². The number of nitrogens with two attached hydrogens (primary N) is 1. The minimum Gasteiger partial charge on any atom is -0.347 e. The molecule has 2 rings (SSSR count). The number of amides is 1. The molecule has 0 saturated heterocycles. The summed E-state index contributed by atoms with van der Waals surface area (Å²) in [6.45, 7) is 4.81. The molecular weight excluding hydrogens is 256 g/mol. The number of thiophene rings is 1. The van der Waals surface area contributed by atoms with Crippen molar-refractivity contribution in [2.24, 2.45) is 11.7 Å². The Morgan fingerprint density at radius 1 is 1.42 bits per heavy atom. The first-order chi connectivity index (χ1) is 9.10. The van der Waals surface area contributed by atoms with E-state index in [-0.39, 0.29) is 11.9 Å². The third-order valence-corrected chi connectivity index (χ3v) is 4.83. The molecule has 1 unspecified atom stereocenters. The van der Waals surface area contributed by atoms with E-state index in [1.807, 2.05) is 0 Å². The van der Waals surface area contributed by atoms with Crippen molar-refractivity contribution in [3.8, 4) is 0 Å². The number of fused-ring (bicyclic) bond motifs is 1. The molecule has 4 heteroatoms. The molecule has 1 heterocycles. The number of hydrogen-bond donors (Lipinski definition) is 2. The van der Waals surface area contributed by atoms with Crippen LogP contribution in [0.5, 0.6) is 0 Å². The fraction of sp³-hybridized carbons (Fsp3) is 0.667. The largest absolute Gasteiger partial charge is 0.347 e. The molecule has 1 aromatic heterocycles. The lowest BCUT2D eigenvalue weighted by atomic mass is 9.99. The second kappa shape index (κ2) is 6.53. The summed E-state index contributed by atoms with van der Waals surface area (Å²) in [5, 5.41) is 3.07. The van der Waals surface area contributed by atoms with Crippen LogP contribution in [0.25, 0.3) is 0 Å². The Morgan fingerprint density at radius 3 is 2.79 bits per heavy atom. The van der Waals surface area contributed by atoms with Crippen LogP contribution in [0, 0.1) is 5.92 Å². The maximum absolute atomic E-state index is 12.3. The Hall–Kier alpha value is -0.870. The van der Waals surface area contributed by atoms with Crippen LogP contribution >= 0.6 is 11.3 Å². The zero-order valence-corrected chi connectivity index (χ0v) is 12.7. The predicted molar refractivity (Wildman–Crippen MR) is 80.7 cm³/mol. The lowest BCUT2D eigenvalue weighted by Crippen LogP contribution is -2.40. The molecule has 1 amide bonds. The molecule has 0 aromatic carbocycles. The van der Waals surface area contributed by atoms with E-state index in [9.17, 15) is 4.79 Å². The fourth-order valence-electron chi connectivity index (χ4n) is 2.64. The zero-order chi connectivity index (χ0) is 13.8. The minimum absolute atomic E-state index is 0.0514. The van der Waals surface area contributed by atoms with E-state index < -0.39 is 0 Å². The summed E-state index contributed by atoms with van der Waals surface area (Å²) < 4.78 is 0. The Bertz CT molecular complexity index is 416. The smallest absolute Gasteiger partial charge is 0.261 e. The van der Waals surface area contributed by atoms with E-state index in [1.54, 1.807) is 11.3 Å². The van der Waals surface area contributed by atoms with Crippen molar-refractivity contribution in [1.29, 1.82) is 0 Å². The van der Waals surface area contributed by atoms with Gasteiger partial charge in [-0.25, -0.2) is 0 Å². The van der Waals surface area contributed by atoms with E-state index in [1.165, 1.54) is 23.3 Å². The Labute approximate surface area is 119 Å². The van der Waals surface area contributed by atoms with Gasteiger partial charge in [0.1, 0.15) is 0 Å². The molecule has 0 radical (unpaired) electrons. The number of aryl methyl sites for hydroxylation is 2. The van der Waals surface area contributed by atoms with Crippen LogP contribution in [0.15, 0.2) is 6.07 Å². The molecule has 0 aliphatic heterocycles. The first kappa shape index (κ1) is 14.5. The van der Waals surface area contributed by atoms with E-state index in [0.29, 0.717) is 12.5 Å². The molecule has 19 heavy (non-hydrogen) atoms. The highest BCUT2D eigenvalue weighted by atomic mass is 32.1. The van der Waals surface area contributed by atoms with Gasteiger partial charge in [0.25, 0.3) is 5.91 Å². The molecule has 3 nitrogen and oxygen atoms in total. The summed E-state index contributed by atoms with van der Waals surface area (Å²) in [5.74, 6) is 0.598. The molecule has 0 saturated carbocycles. The van der Waals surface area contributed by atoms with Gasteiger partial charge in [0.2, 0.25) is 0 Å². The van der Waals surface area contributed by atoms with Crippen molar-refractivity contribution in [3.05, 3.63) is 21.4 Å². The lowest BCUT2D eigenvalue weighted by Gasteiger charge is -2.18. The van der Waals surface area contributed by atoms with Crippen molar-refractivity contribution in [1.82, 2.24) is 5.32 Å². The summed E-state index contributed by atoms with van der Waals surface area (Å²) in [4.78, 5) is 14.5. The van der Waals surface area contributed by atoms with Crippen molar-refractivity contribution < 1.29 is 4.79 Å². The number of carbonyl (C=O) groups excluding carboxylic acids is 1. The predicted octanol–water partition coefficient (Wildman–Crippen LogP) is 2.73. The molecule has 1 atom stereocenters. The highest BCUT2D eigenvalue weighted by Gasteiger charge is 2.19. The maximum atomic E-state index is 12.3.